The Balaban J connectivity index is 2.25. The van der Waals surface area contributed by atoms with Gasteiger partial charge in [0.05, 0.1) is 0 Å². The summed E-state index contributed by atoms with van der Waals surface area (Å²) in [5.41, 5.74) is 0. The number of fused-ring (bicyclic) bond motifs is 1. The van der Waals surface area contributed by atoms with Crippen molar-refractivity contribution in [1.82, 2.24) is 0 Å². The minimum atomic E-state index is -2.16. The Kier molecular flexibility index (Phi) is 2.25. The summed E-state index contributed by atoms with van der Waals surface area (Å²) in [7, 11) is -2.16. The summed E-state index contributed by atoms with van der Waals surface area (Å²) in [6, 6.07) is 4.87. The molecular formula is C7H5ClO4P+. The Morgan fingerprint density at radius 2 is 2.15 bits per heavy atom. The topological polar surface area (TPSA) is 44.8 Å². The normalized spacial score (nSPS) is 14.1. The minimum Gasteiger partial charge on any atom is -0.454 e. The van der Waals surface area contributed by atoms with Crippen molar-refractivity contribution < 1.29 is 18.6 Å². The zero-order valence-electron chi connectivity index (χ0n) is 6.40. The summed E-state index contributed by atoms with van der Waals surface area (Å²) >= 11 is 5.18. The Labute approximate surface area is 80.0 Å². The molecule has 1 unspecified atom stereocenters. The molecule has 0 bridgehead atoms. The monoisotopic (exact) mass is 219 g/mol. The van der Waals surface area contributed by atoms with E-state index in [2.05, 4.69) is 0 Å². The summed E-state index contributed by atoms with van der Waals surface area (Å²) in [6.07, 6.45) is 0. The van der Waals surface area contributed by atoms with Gasteiger partial charge in [0.2, 0.25) is 6.79 Å². The second kappa shape index (κ2) is 3.40. The van der Waals surface area contributed by atoms with E-state index in [0.29, 0.717) is 17.2 Å². The maximum Gasteiger partial charge on any atom is 0.683 e. The van der Waals surface area contributed by atoms with E-state index < -0.39 is 7.38 Å². The predicted octanol–water partition coefficient (Wildman–Crippen LogP) is 2.69. The van der Waals surface area contributed by atoms with Crippen LogP contribution >= 0.6 is 18.6 Å². The van der Waals surface area contributed by atoms with Crippen molar-refractivity contribution in [1.29, 1.82) is 0 Å². The highest BCUT2D eigenvalue weighted by Crippen LogP contribution is 2.38. The number of halogens is 1. The van der Waals surface area contributed by atoms with Crippen LogP contribution < -0.4 is 14.0 Å². The second-order valence-electron chi connectivity index (χ2n) is 2.32. The molecule has 68 valence electrons. The molecule has 0 saturated carbocycles. The lowest BCUT2D eigenvalue weighted by Crippen LogP contribution is -1.92. The summed E-state index contributed by atoms with van der Waals surface area (Å²) in [5.74, 6) is 1.63. The third-order valence-corrected chi connectivity index (χ3v) is 2.08. The highest BCUT2D eigenvalue weighted by atomic mass is 35.7. The van der Waals surface area contributed by atoms with Gasteiger partial charge in [-0.3, -0.25) is 0 Å². The standard InChI is InChI=1S/C7H5ClO4P/c8-13(9)12-5-1-2-6-7(3-5)11-4-10-6/h1-3H,4H2/q+1. The van der Waals surface area contributed by atoms with E-state index in [9.17, 15) is 4.57 Å². The van der Waals surface area contributed by atoms with Crippen molar-refractivity contribution in [3.63, 3.8) is 0 Å². The van der Waals surface area contributed by atoms with Gasteiger partial charge in [-0.2, -0.15) is 0 Å². The summed E-state index contributed by atoms with van der Waals surface area (Å²) < 4.78 is 25.5. The molecular weight excluding hydrogens is 214 g/mol. The average Bonchev–Trinajstić information content (AvgIpc) is 2.49. The van der Waals surface area contributed by atoms with Crippen molar-refractivity contribution in [3.8, 4) is 17.2 Å². The van der Waals surface area contributed by atoms with Gasteiger partial charge in [-0.1, -0.05) is 0 Å². The number of hydrogen-bond acceptors (Lipinski definition) is 4. The molecule has 0 amide bonds. The number of benzene rings is 1. The molecule has 0 aromatic heterocycles. The average molecular weight is 220 g/mol. The molecule has 1 aromatic rings. The van der Waals surface area contributed by atoms with E-state index in [-0.39, 0.29) is 6.79 Å². The van der Waals surface area contributed by atoms with E-state index in [4.69, 9.17) is 25.2 Å². The predicted molar refractivity (Wildman–Crippen MR) is 46.7 cm³/mol. The Bertz CT molecular complexity index is 354. The molecule has 0 radical (unpaired) electrons. The van der Waals surface area contributed by atoms with E-state index >= 15 is 0 Å². The first-order valence-electron chi connectivity index (χ1n) is 3.46. The molecule has 1 atom stereocenters. The molecule has 13 heavy (non-hydrogen) atoms. The fourth-order valence-electron chi connectivity index (χ4n) is 1.02. The first-order chi connectivity index (χ1) is 6.25. The number of rotatable bonds is 2. The highest BCUT2D eigenvalue weighted by Gasteiger charge is 2.19. The molecule has 0 saturated heterocycles. The fourth-order valence-corrected chi connectivity index (χ4v) is 1.53. The van der Waals surface area contributed by atoms with E-state index in [1.165, 1.54) is 0 Å². The number of hydrogen-bond donors (Lipinski definition) is 0. The van der Waals surface area contributed by atoms with Crippen molar-refractivity contribution in [3.05, 3.63) is 18.2 Å². The van der Waals surface area contributed by atoms with Gasteiger partial charge in [0.1, 0.15) is 0 Å². The van der Waals surface area contributed by atoms with Crippen LogP contribution in [0.15, 0.2) is 18.2 Å². The van der Waals surface area contributed by atoms with Gasteiger partial charge >= 0.3 is 7.38 Å². The third-order valence-electron chi connectivity index (χ3n) is 1.52. The Hall–Kier alpha value is -0.990. The lowest BCUT2D eigenvalue weighted by molar-refractivity contribution is 0.174. The lowest BCUT2D eigenvalue weighted by Gasteiger charge is -1.94. The van der Waals surface area contributed by atoms with Crippen LogP contribution in [0.4, 0.5) is 0 Å². The smallest absolute Gasteiger partial charge is 0.454 e. The zero-order valence-corrected chi connectivity index (χ0v) is 8.05. The minimum absolute atomic E-state index is 0.200. The molecule has 0 fully saturated rings. The first-order valence-corrected chi connectivity index (χ1v) is 5.54. The van der Waals surface area contributed by atoms with Crippen LogP contribution in [0.2, 0.25) is 0 Å². The third kappa shape index (κ3) is 1.85. The van der Waals surface area contributed by atoms with Gasteiger partial charge in [0, 0.05) is 10.6 Å². The van der Waals surface area contributed by atoms with Crippen LogP contribution in [-0.2, 0) is 4.57 Å². The lowest BCUT2D eigenvalue weighted by atomic mass is 10.3. The fraction of sp³-hybridized carbons (Fsp3) is 0.143. The van der Waals surface area contributed by atoms with Gasteiger partial charge in [-0.15, -0.1) is 0 Å². The van der Waals surface area contributed by atoms with Crippen molar-refractivity contribution in [2.75, 3.05) is 6.79 Å². The Morgan fingerprint density at radius 3 is 2.92 bits per heavy atom. The van der Waals surface area contributed by atoms with Crippen LogP contribution in [0.5, 0.6) is 17.2 Å². The quantitative estimate of drug-likeness (QED) is 0.718. The molecule has 1 aliphatic heterocycles. The Morgan fingerprint density at radius 1 is 1.38 bits per heavy atom. The molecule has 1 heterocycles. The summed E-state index contributed by atoms with van der Waals surface area (Å²) in [6.45, 7) is 0.200. The van der Waals surface area contributed by atoms with Gasteiger partial charge in [-0.25, -0.2) is 4.52 Å². The zero-order chi connectivity index (χ0) is 9.26. The van der Waals surface area contributed by atoms with Gasteiger partial charge in [0.15, 0.2) is 17.2 Å². The largest absolute Gasteiger partial charge is 0.683 e. The second-order valence-corrected chi connectivity index (χ2v) is 3.75. The van der Waals surface area contributed by atoms with E-state index in [0.717, 1.165) is 0 Å². The molecule has 0 N–H and O–H groups in total. The molecule has 2 rings (SSSR count). The van der Waals surface area contributed by atoms with Crippen molar-refractivity contribution in [2.24, 2.45) is 0 Å². The molecule has 4 nitrogen and oxygen atoms in total. The van der Waals surface area contributed by atoms with Crippen LogP contribution in [-0.4, -0.2) is 6.79 Å². The van der Waals surface area contributed by atoms with Gasteiger partial charge < -0.3 is 9.47 Å². The first kappa shape index (κ1) is 8.60. The van der Waals surface area contributed by atoms with Crippen LogP contribution in [0, 0.1) is 0 Å². The maximum atomic E-state index is 10.5. The molecule has 1 aliphatic rings. The van der Waals surface area contributed by atoms with Crippen LogP contribution in [0.3, 0.4) is 0 Å². The van der Waals surface area contributed by atoms with Crippen LogP contribution in [0.1, 0.15) is 0 Å². The van der Waals surface area contributed by atoms with Crippen molar-refractivity contribution in [2.45, 2.75) is 0 Å². The summed E-state index contributed by atoms with van der Waals surface area (Å²) in [4.78, 5) is 0. The molecule has 6 heteroatoms. The number of ether oxygens (including phenoxy) is 2. The highest BCUT2D eigenvalue weighted by molar-refractivity contribution is 7.70. The molecule has 0 spiro atoms. The van der Waals surface area contributed by atoms with E-state index in [1.54, 1.807) is 18.2 Å². The maximum absolute atomic E-state index is 10.5. The van der Waals surface area contributed by atoms with Gasteiger partial charge in [0.25, 0.3) is 11.2 Å². The molecule has 0 aliphatic carbocycles. The van der Waals surface area contributed by atoms with Crippen molar-refractivity contribution >= 4 is 18.6 Å². The van der Waals surface area contributed by atoms with Gasteiger partial charge in [-0.05, 0) is 12.1 Å². The summed E-state index contributed by atoms with van der Waals surface area (Å²) in [5, 5.41) is 0. The van der Waals surface area contributed by atoms with E-state index in [1.807, 2.05) is 0 Å². The SMILES string of the molecule is O=[P+](Cl)Oc1ccc2c(c1)OCO2. The molecule has 1 aromatic carbocycles. The van der Waals surface area contributed by atoms with Crippen LogP contribution in [0.25, 0.3) is 0 Å².